The molecule has 2 heterocycles. The van der Waals surface area contributed by atoms with Gasteiger partial charge in [0.15, 0.2) is 16.3 Å². The normalized spacial score (nSPS) is 15.2. The molecule has 0 bridgehead atoms. The van der Waals surface area contributed by atoms with Crippen LogP contribution >= 0.6 is 23.1 Å². The smallest absolute Gasteiger partial charge is 0.338 e. The molecule has 1 unspecified atom stereocenters. The molecule has 1 atom stereocenters. The highest BCUT2D eigenvalue weighted by Crippen LogP contribution is 2.32. The summed E-state index contributed by atoms with van der Waals surface area (Å²) in [5.41, 5.74) is 2.33. The minimum absolute atomic E-state index is 0.218. The fourth-order valence-corrected chi connectivity index (χ4v) is 5.72. The highest BCUT2D eigenvalue weighted by Gasteiger charge is 2.33. The molecular formula is C29H32N2O5S2. The zero-order valence-corrected chi connectivity index (χ0v) is 23.9. The molecule has 3 aromatic rings. The molecule has 0 amide bonds. The van der Waals surface area contributed by atoms with Gasteiger partial charge in [-0.1, -0.05) is 42.9 Å². The summed E-state index contributed by atoms with van der Waals surface area (Å²) in [6.07, 6.45) is 5.83. The lowest BCUT2D eigenvalue weighted by Gasteiger charge is -2.24. The van der Waals surface area contributed by atoms with Crippen LogP contribution in [0.5, 0.6) is 11.5 Å². The second-order valence-corrected chi connectivity index (χ2v) is 10.6. The van der Waals surface area contributed by atoms with Crippen molar-refractivity contribution in [3.05, 3.63) is 84.5 Å². The number of ether oxygens (including phenoxy) is 3. The molecule has 4 rings (SSSR count). The molecule has 1 aromatic heterocycles. The van der Waals surface area contributed by atoms with E-state index in [4.69, 9.17) is 14.2 Å². The number of thiazole rings is 1. The van der Waals surface area contributed by atoms with Crippen LogP contribution in [0, 0.1) is 0 Å². The molecule has 0 N–H and O–H groups in total. The van der Waals surface area contributed by atoms with Gasteiger partial charge in [0.25, 0.3) is 5.56 Å². The van der Waals surface area contributed by atoms with Crippen LogP contribution in [0.2, 0.25) is 0 Å². The highest BCUT2D eigenvalue weighted by molar-refractivity contribution is 7.98. The van der Waals surface area contributed by atoms with Gasteiger partial charge < -0.3 is 14.2 Å². The molecule has 38 heavy (non-hydrogen) atoms. The first-order chi connectivity index (χ1) is 18.4. The monoisotopic (exact) mass is 552 g/mol. The van der Waals surface area contributed by atoms with Gasteiger partial charge in [-0.25, -0.2) is 9.79 Å². The van der Waals surface area contributed by atoms with Crippen LogP contribution in [-0.4, -0.2) is 37.1 Å². The molecule has 1 aliphatic rings. The quantitative estimate of drug-likeness (QED) is 0.206. The summed E-state index contributed by atoms with van der Waals surface area (Å²) in [4.78, 5) is 33.1. The van der Waals surface area contributed by atoms with Gasteiger partial charge in [-0.2, -0.15) is 0 Å². The van der Waals surface area contributed by atoms with Crippen LogP contribution in [0.1, 0.15) is 50.8 Å². The third-order valence-electron chi connectivity index (χ3n) is 6.19. The predicted molar refractivity (Wildman–Crippen MR) is 152 cm³/mol. The summed E-state index contributed by atoms with van der Waals surface area (Å²) in [5.74, 6) is 0.808. The Kier molecular flexibility index (Phi) is 9.12. The summed E-state index contributed by atoms with van der Waals surface area (Å²) in [7, 11) is 1.60. The van der Waals surface area contributed by atoms with Gasteiger partial charge in [-0.15, -0.1) is 11.8 Å². The number of benzene rings is 2. The number of esters is 1. The Labute approximate surface area is 230 Å². The number of fused-ring (bicyclic) bond motifs is 1. The first kappa shape index (κ1) is 27.7. The molecule has 7 nitrogen and oxygen atoms in total. The fourth-order valence-electron chi connectivity index (χ4n) is 4.26. The van der Waals surface area contributed by atoms with Crippen LogP contribution in [0.25, 0.3) is 6.08 Å². The minimum atomic E-state index is -0.632. The summed E-state index contributed by atoms with van der Waals surface area (Å²) in [5, 5.41) is 0. The van der Waals surface area contributed by atoms with Crippen LogP contribution in [0.4, 0.5) is 0 Å². The summed E-state index contributed by atoms with van der Waals surface area (Å²) in [6.45, 7) is 6.51. The van der Waals surface area contributed by atoms with E-state index in [1.54, 1.807) is 37.3 Å². The van der Waals surface area contributed by atoms with Gasteiger partial charge in [0, 0.05) is 4.90 Å². The lowest BCUT2D eigenvalue weighted by molar-refractivity contribution is -0.139. The van der Waals surface area contributed by atoms with E-state index in [1.807, 2.05) is 54.8 Å². The Balaban J connectivity index is 1.82. The molecule has 0 fully saturated rings. The van der Waals surface area contributed by atoms with Crippen molar-refractivity contribution in [2.45, 2.75) is 44.6 Å². The number of allylic oxidation sites excluding steroid dienone is 1. The third-order valence-corrected chi connectivity index (χ3v) is 7.92. The van der Waals surface area contributed by atoms with Crippen molar-refractivity contribution in [3.8, 4) is 11.5 Å². The van der Waals surface area contributed by atoms with E-state index < -0.39 is 12.0 Å². The lowest BCUT2D eigenvalue weighted by atomic mass is 9.96. The maximum Gasteiger partial charge on any atom is 0.338 e. The first-order valence-corrected chi connectivity index (χ1v) is 14.6. The standard InChI is InChI=1S/C29H32N2O5S2/c1-6-8-15-36-22-14-9-19(16-23(22)34-4)17-24-27(32)31-26(20-10-12-21(37-5)13-11-20)25(28(33)35-7-2)18(3)30-29(31)38-24/h9-14,16-17,26H,6-8,15H2,1-5H3. The maximum absolute atomic E-state index is 13.8. The van der Waals surface area contributed by atoms with E-state index in [0.29, 0.717) is 38.7 Å². The maximum atomic E-state index is 13.8. The topological polar surface area (TPSA) is 79.1 Å². The van der Waals surface area contributed by atoms with E-state index in [1.165, 1.54) is 11.3 Å². The van der Waals surface area contributed by atoms with Crippen LogP contribution in [0.15, 0.2) is 68.4 Å². The number of carbonyl (C=O) groups is 1. The van der Waals surface area contributed by atoms with Crippen molar-refractivity contribution in [2.24, 2.45) is 4.99 Å². The minimum Gasteiger partial charge on any atom is -0.493 e. The average molecular weight is 553 g/mol. The largest absolute Gasteiger partial charge is 0.493 e. The summed E-state index contributed by atoms with van der Waals surface area (Å²) < 4.78 is 18.9. The zero-order chi connectivity index (χ0) is 27.2. The Hall–Kier alpha value is -3.30. The van der Waals surface area contributed by atoms with Crippen molar-refractivity contribution in [3.63, 3.8) is 0 Å². The van der Waals surface area contributed by atoms with E-state index in [-0.39, 0.29) is 12.2 Å². The van der Waals surface area contributed by atoms with E-state index in [0.717, 1.165) is 28.9 Å². The van der Waals surface area contributed by atoms with Crippen molar-refractivity contribution in [2.75, 3.05) is 26.6 Å². The number of rotatable bonds is 10. The molecule has 1 aliphatic heterocycles. The van der Waals surface area contributed by atoms with Gasteiger partial charge in [-0.05, 0) is 68.0 Å². The van der Waals surface area contributed by atoms with Crippen molar-refractivity contribution < 1.29 is 19.0 Å². The Morgan fingerprint density at radius 2 is 1.92 bits per heavy atom. The molecule has 0 aliphatic carbocycles. The number of nitrogens with zero attached hydrogens (tertiary/aromatic N) is 2. The van der Waals surface area contributed by atoms with E-state index in [2.05, 4.69) is 11.9 Å². The second-order valence-electron chi connectivity index (χ2n) is 8.69. The number of thioether (sulfide) groups is 1. The molecule has 200 valence electrons. The lowest BCUT2D eigenvalue weighted by Crippen LogP contribution is -2.39. The average Bonchev–Trinajstić information content (AvgIpc) is 3.22. The van der Waals surface area contributed by atoms with Gasteiger partial charge in [0.05, 0.1) is 42.2 Å². The molecule has 9 heteroatoms. The number of unbranched alkanes of at least 4 members (excludes halogenated alkanes) is 1. The Bertz CT molecular complexity index is 1520. The summed E-state index contributed by atoms with van der Waals surface area (Å²) in [6, 6.07) is 12.9. The van der Waals surface area contributed by atoms with Gasteiger partial charge in [-0.3, -0.25) is 9.36 Å². The van der Waals surface area contributed by atoms with E-state index in [9.17, 15) is 9.59 Å². The highest BCUT2D eigenvalue weighted by atomic mass is 32.2. The number of carbonyl (C=O) groups excluding carboxylic acids is 1. The van der Waals surface area contributed by atoms with Gasteiger partial charge >= 0.3 is 5.97 Å². The summed E-state index contributed by atoms with van der Waals surface area (Å²) >= 11 is 2.92. The van der Waals surface area contributed by atoms with Crippen molar-refractivity contribution in [1.82, 2.24) is 4.57 Å². The number of hydrogen-bond acceptors (Lipinski definition) is 8. The Morgan fingerprint density at radius 3 is 2.58 bits per heavy atom. The predicted octanol–water partition coefficient (Wildman–Crippen LogP) is 4.71. The SMILES string of the molecule is CCCCOc1ccc(C=c2sc3n(c2=O)C(c2ccc(SC)cc2)C(C(=O)OCC)=C(C)N=3)cc1OC. The van der Waals surface area contributed by atoms with Gasteiger partial charge in [0.2, 0.25) is 0 Å². The second kappa shape index (κ2) is 12.5. The van der Waals surface area contributed by atoms with Crippen molar-refractivity contribution >= 4 is 35.1 Å². The zero-order valence-electron chi connectivity index (χ0n) is 22.3. The molecule has 0 saturated carbocycles. The van der Waals surface area contributed by atoms with Crippen LogP contribution in [-0.2, 0) is 9.53 Å². The van der Waals surface area contributed by atoms with Crippen molar-refractivity contribution in [1.29, 1.82) is 0 Å². The molecular weight excluding hydrogens is 520 g/mol. The number of methoxy groups -OCH3 is 1. The molecule has 0 spiro atoms. The first-order valence-electron chi connectivity index (χ1n) is 12.6. The molecule has 2 aromatic carbocycles. The van der Waals surface area contributed by atoms with Crippen LogP contribution in [0.3, 0.4) is 0 Å². The molecule has 0 radical (unpaired) electrons. The van der Waals surface area contributed by atoms with Gasteiger partial charge in [0.1, 0.15) is 0 Å². The Morgan fingerprint density at radius 1 is 1.16 bits per heavy atom. The number of hydrogen-bond donors (Lipinski definition) is 0. The third kappa shape index (κ3) is 5.73. The fraction of sp³-hybridized carbons (Fsp3) is 0.345. The number of aromatic nitrogens is 1. The van der Waals surface area contributed by atoms with Crippen LogP contribution < -0.4 is 24.4 Å². The van der Waals surface area contributed by atoms with E-state index >= 15 is 0 Å². The molecule has 0 saturated heterocycles.